The second-order valence-corrected chi connectivity index (χ2v) is 5.24. The van der Waals surface area contributed by atoms with Crippen LogP contribution in [0.5, 0.6) is 0 Å². The molecular weight excluding hydrogens is 353 g/mol. The molecule has 0 aliphatic carbocycles. The van der Waals surface area contributed by atoms with E-state index in [0.717, 1.165) is 4.47 Å². The van der Waals surface area contributed by atoms with Gasteiger partial charge in [-0.25, -0.2) is 9.78 Å². The van der Waals surface area contributed by atoms with Gasteiger partial charge in [0.2, 0.25) is 0 Å². The highest BCUT2D eigenvalue weighted by Gasteiger charge is 2.08. The molecule has 1 aromatic carbocycles. The lowest BCUT2D eigenvalue weighted by molar-refractivity contribution is 0.262. The lowest BCUT2D eigenvalue weighted by Gasteiger charge is -2.09. The number of nitrogens with zero attached hydrogens (tertiary/aromatic N) is 1. The molecule has 0 saturated heterocycles. The van der Waals surface area contributed by atoms with Crippen molar-refractivity contribution in [3.05, 3.63) is 51.0 Å². The Morgan fingerprint density at radius 3 is 2.63 bits per heavy atom. The summed E-state index contributed by atoms with van der Waals surface area (Å²) in [4.78, 5) is 15.8. The summed E-state index contributed by atoms with van der Waals surface area (Å²) in [5, 5.41) is 5.85. The monoisotopic (exact) mass is 359 g/mol. The fraction of sp³-hybridized carbons (Fsp3) is 0. The predicted octanol–water partition coefficient (Wildman–Crippen LogP) is 4.79. The Morgan fingerprint density at radius 2 is 1.95 bits per heavy atom. The van der Waals surface area contributed by atoms with Gasteiger partial charge < -0.3 is 5.32 Å². The van der Waals surface area contributed by atoms with E-state index in [0.29, 0.717) is 21.6 Å². The molecule has 0 atom stereocenters. The molecule has 0 fully saturated rings. The van der Waals surface area contributed by atoms with Crippen LogP contribution in [0, 0.1) is 0 Å². The molecule has 2 N–H and O–H groups in total. The van der Waals surface area contributed by atoms with Crippen molar-refractivity contribution in [2.24, 2.45) is 0 Å². The van der Waals surface area contributed by atoms with Gasteiger partial charge in [0.15, 0.2) is 0 Å². The average molecular weight is 361 g/mol. The van der Waals surface area contributed by atoms with Crippen LogP contribution in [0.25, 0.3) is 0 Å². The number of nitrogens with one attached hydrogen (secondary N) is 2. The van der Waals surface area contributed by atoms with Gasteiger partial charge in [-0.3, -0.25) is 5.32 Å². The SMILES string of the molecule is O=C(Nc1ccc(Br)cn1)Nc1cccc(Cl)c1Cl. The van der Waals surface area contributed by atoms with Gasteiger partial charge in [-0.05, 0) is 40.2 Å². The Balaban J connectivity index is 2.05. The summed E-state index contributed by atoms with van der Waals surface area (Å²) in [5.41, 5.74) is 0.434. The van der Waals surface area contributed by atoms with E-state index in [4.69, 9.17) is 23.2 Å². The van der Waals surface area contributed by atoms with Crippen molar-refractivity contribution in [3.63, 3.8) is 0 Å². The maximum atomic E-state index is 11.8. The highest BCUT2D eigenvalue weighted by atomic mass is 79.9. The quantitative estimate of drug-likeness (QED) is 0.808. The molecule has 0 bridgehead atoms. The van der Waals surface area contributed by atoms with Gasteiger partial charge in [0, 0.05) is 10.7 Å². The van der Waals surface area contributed by atoms with Crippen molar-refractivity contribution >= 4 is 56.7 Å². The molecule has 0 unspecified atom stereocenters. The number of amides is 2. The average Bonchev–Trinajstić information content (AvgIpc) is 2.38. The predicted molar refractivity (Wildman–Crippen MR) is 81.0 cm³/mol. The Morgan fingerprint density at radius 1 is 1.16 bits per heavy atom. The summed E-state index contributed by atoms with van der Waals surface area (Å²) in [6.45, 7) is 0. The number of rotatable bonds is 2. The highest BCUT2D eigenvalue weighted by molar-refractivity contribution is 9.10. The van der Waals surface area contributed by atoms with E-state index in [1.165, 1.54) is 0 Å². The first-order valence-corrected chi connectivity index (χ1v) is 6.75. The number of urea groups is 1. The molecule has 0 saturated carbocycles. The molecule has 19 heavy (non-hydrogen) atoms. The number of aromatic nitrogens is 1. The summed E-state index contributed by atoms with van der Waals surface area (Å²) in [5.74, 6) is 0.429. The minimum atomic E-state index is -0.445. The van der Waals surface area contributed by atoms with E-state index in [-0.39, 0.29) is 0 Å². The third-order valence-corrected chi connectivity index (χ3v) is 3.46. The van der Waals surface area contributed by atoms with Crippen LogP contribution in [-0.2, 0) is 0 Å². The number of halogens is 3. The van der Waals surface area contributed by atoms with Gasteiger partial charge in [-0.2, -0.15) is 0 Å². The first kappa shape index (κ1) is 14.1. The van der Waals surface area contributed by atoms with Crippen LogP contribution in [-0.4, -0.2) is 11.0 Å². The normalized spacial score (nSPS) is 10.1. The molecule has 1 heterocycles. The third kappa shape index (κ3) is 3.83. The maximum Gasteiger partial charge on any atom is 0.324 e. The first-order chi connectivity index (χ1) is 9.06. The molecule has 98 valence electrons. The molecule has 0 spiro atoms. The number of benzene rings is 1. The van der Waals surface area contributed by atoms with Crippen LogP contribution in [0.2, 0.25) is 10.0 Å². The minimum Gasteiger partial charge on any atom is -0.306 e. The number of carbonyl (C=O) groups excluding carboxylic acids is 1. The Hall–Kier alpha value is -1.30. The van der Waals surface area contributed by atoms with Crippen LogP contribution in [0.15, 0.2) is 41.0 Å². The number of carbonyl (C=O) groups is 1. The lowest BCUT2D eigenvalue weighted by Crippen LogP contribution is -2.20. The van der Waals surface area contributed by atoms with Crippen molar-refractivity contribution in [2.45, 2.75) is 0 Å². The summed E-state index contributed by atoms with van der Waals surface area (Å²) in [7, 11) is 0. The van der Waals surface area contributed by atoms with E-state index < -0.39 is 6.03 Å². The van der Waals surface area contributed by atoms with E-state index in [1.54, 1.807) is 36.5 Å². The second kappa shape index (κ2) is 6.23. The molecule has 2 aromatic rings. The number of hydrogen-bond donors (Lipinski definition) is 2. The van der Waals surface area contributed by atoms with Crippen molar-refractivity contribution in [2.75, 3.05) is 10.6 Å². The zero-order chi connectivity index (χ0) is 13.8. The van der Waals surface area contributed by atoms with Crippen molar-refractivity contribution < 1.29 is 4.79 Å². The van der Waals surface area contributed by atoms with Gasteiger partial charge in [0.25, 0.3) is 0 Å². The van der Waals surface area contributed by atoms with Crippen LogP contribution in [0.3, 0.4) is 0 Å². The van der Waals surface area contributed by atoms with Crippen molar-refractivity contribution in [3.8, 4) is 0 Å². The zero-order valence-electron chi connectivity index (χ0n) is 9.45. The van der Waals surface area contributed by atoms with E-state index in [2.05, 4.69) is 31.5 Å². The molecule has 0 aliphatic rings. The van der Waals surface area contributed by atoms with Gasteiger partial charge >= 0.3 is 6.03 Å². The molecule has 2 rings (SSSR count). The zero-order valence-corrected chi connectivity index (χ0v) is 12.6. The summed E-state index contributed by atoms with van der Waals surface area (Å²) < 4.78 is 0.830. The Kier molecular flexibility index (Phi) is 4.63. The molecule has 7 heteroatoms. The number of pyridine rings is 1. The summed E-state index contributed by atoms with van der Waals surface area (Å²) in [6, 6.07) is 7.99. The van der Waals surface area contributed by atoms with Gasteiger partial charge in [-0.1, -0.05) is 29.3 Å². The van der Waals surface area contributed by atoms with Crippen LogP contribution in [0.1, 0.15) is 0 Å². The second-order valence-electron chi connectivity index (χ2n) is 3.54. The third-order valence-electron chi connectivity index (χ3n) is 2.17. The van der Waals surface area contributed by atoms with Gasteiger partial charge in [-0.15, -0.1) is 0 Å². The largest absolute Gasteiger partial charge is 0.324 e. The summed E-state index contributed by atoms with van der Waals surface area (Å²) >= 11 is 15.1. The smallest absolute Gasteiger partial charge is 0.306 e. The maximum absolute atomic E-state index is 11.8. The molecule has 1 aromatic heterocycles. The van der Waals surface area contributed by atoms with Gasteiger partial charge in [0.05, 0.1) is 15.7 Å². The van der Waals surface area contributed by atoms with E-state index >= 15 is 0 Å². The van der Waals surface area contributed by atoms with E-state index in [9.17, 15) is 4.79 Å². The Labute approximate surface area is 128 Å². The Bertz CT molecular complexity index is 604. The van der Waals surface area contributed by atoms with Crippen molar-refractivity contribution in [1.29, 1.82) is 0 Å². The lowest BCUT2D eigenvalue weighted by atomic mass is 10.3. The molecule has 0 radical (unpaired) electrons. The van der Waals surface area contributed by atoms with Crippen molar-refractivity contribution in [1.82, 2.24) is 4.98 Å². The van der Waals surface area contributed by atoms with Gasteiger partial charge in [0.1, 0.15) is 5.82 Å². The van der Waals surface area contributed by atoms with Crippen LogP contribution >= 0.6 is 39.1 Å². The molecule has 4 nitrogen and oxygen atoms in total. The topological polar surface area (TPSA) is 54.0 Å². The number of hydrogen-bond acceptors (Lipinski definition) is 2. The standard InChI is InChI=1S/C12H8BrCl2N3O/c13-7-4-5-10(16-6-7)18-12(19)17-9-3-1-2-8(14)11(9)15/h1-6H,(H2,16,17,18,19). The first-order valence-electron chi connectivity index (χ1n) is 5.20. The highest BCUT2D eigenvalue weighted by Crippen LogP contribution is 2.29. The summed E-state index contributed by atoms with van der Waals surface area (Å²) in [6.07, 6.45) is 1.59. The molecule has 2 amide bonds. The molecule has 0 aliphatic heterocycles. The fourth-order valence-corrected chi connectivity index (χ4v) is 1.90. The fourth-order valence-electron chi connectivity index (χ4n) is 1.32. The van der Waals surface area contributed by atoms with E-state index in [1.807, 2.05) is 0 Å². The number of anilines is 2. The molecular formula is C12H8BrCl2N3O. The van der Waals surface area contributed by atoms with Crippen LogP contribution < -0.4 is 10.6 Å². The minimum absolute atomic E-state index is 0.295. The van der Waals surface area contributed by atoms with Crippen LogP contribution in [0.4, 0.5) is 16.3 Å².